The van der Waals surface area contributed by atoms with Crippen molar-refractivity contribution >= 4 is 11.5 Å². The van der Waals surface area contributed by atoms with Crippen molar-refractivity contribution in [3.8, 4) is 11.5 Å². The summed E-state index contributed by atoms with van der Waals surface area (Å²) in [5, 5.41) is 10.5. The molecule has 0 atom stereocenters. The first-order chi connectivity index (χ1) is 9.58. The lowest BCUT2D eigenvalue weighted by atomic mass is 10.2. The molecule has 0 spiro atoms. The standard InChI is InChI=1S/C12H11N3O3.C2H6/c1-8-11(6-7-14-12(8)13)18-10-4-2-9(3-5-10)15(16)17;1-2/h2-7H,1H3,(H2,13,14);1-2H3. The summed E-state index contributed by atoms with van der Waals surface area (Å²) in [6.45, 7) is 5.79. The maximum absolute atomic E-state index is 10.5. The lowest BCUT2D eigenvalue weighted by molar-refractivity contribution is -0.384. The lowest BCUT2D eigenvalue weighted by Crippen LogP contribution is -1.96. The smallest absolute Gasteiger partial charge is 0.269 e. The van der Waals surface area contributed by atoms with E-state index in [4.69, 9.17) is 10.5 Å². The summed E-state index contributed by atoms with van der Waals surface area (Å²) in [5.41, 5.74) is 6.41. The van der Waals surface area contributed by atoms with E-state index in [9.17, 15) is 10.1 Å². The van der Waals surface area contributed by atoms with Crippen LogP contribution < -0.4 is 10.5 Å². The molecule has 2 aromatic rings. The fraction of sp³-hybridized carbons (Fsp3) is 0.214. The van der Waals surface area contributed by atoms with E-state index in [1.807, 2.05) is 13.8 Å². The van der Waals surface area contributed by atoms with E-state index in [0.29, 0.717) is 17.3 Å². The number of nitrogens with zero attached hydrogens (tertiary/aromatic N) is 2. The number of hydrogen-bond acceptors (Lipinski definition) is 5. The van der Waals surface area contributed by atoms with E-state index in [1.165, 1.54) is 24.3 Å². The molecule has 2 N–H and O–H groups in total. The Labute approximate surface area is 117 Å². The van der Waals surface area contributed by atoms with Gasteiger partial charge in [0.15, 0.2) is 0 Å². The summed E-state index contributed by atoms with van der Waals surface area (Å²) in [6, 6.07) is 7.53. The first kappa shape index (κ1) is 15.4. The Morgan fingerprint density at radius 3 is 2.35 bits per heavy atom. The molecule has 0 unspecified atom stereocenters. The Morgan fingerprint density at radius 2 is 1.80 bits per heavy atom. The monoisotopic (exact) mass is 275 g/mol. The Kier molecular flexibility index (Phi) is 5.46. The van der Waals surface area contributed by atoms with Crippen LogP contribution in [0, 0.1) is 17.0 Å². The number of hydrogen-bond donors (Lipinski definition) is 1. The van der Waals surface area contributed by atoms with Crippen LogP contribution in [0.4, 0.5) is 11.5 Å². The van der Waals surface area contributed by atoms with E-state index in [1.54, 1.807) is 19.2 Å². The molecule has 0 fully saturated rings. The van der Waals surface area contributed by atoms with Gasteiger partial charge in [0.25, 0.3) is 5.69 Å². The number of pyridine rings is 1. The average Bonchev–Trinajstić information content (AvgIpc) is 2.46. The Hall–Kier alpha value is -2.63. The number of nitrogens with two attached hydrogens (primary N) is 1. The summed E-state index contributed by atoms with van der Waals surface area (Å²) in [4.78, 5) is 14.0. The van der Waals surface area contributed by atoms with E-state index in [0.717, 1.165) is 5.56 Å². The number of nitro benzene ring substituents is 1. The molecule has 0 saturated carbocycles. The van der Waals surface area contributed by atoms with Gasteiger partial charge in [0.1, 0.15) is 17.3 Å². The SMILES string of the molecule is CC.Cc1c(Oc2ccc([N+](=O)[O-])cc2)ccnc1N. The van der Waals surface area contributed by atoms with E-state index in [-0.39, 0.29) is 5.69 Å². The van der Waals surface area contributed by atoms with Crippen LogP contribution in [0.25, 0.3) is 0 Å². The van der Waals surface area contributed by atoms with Gasteiger partial charge in [-0.2, -0.15) is 0 Å². The molecule has 2 rings (SSSR count). The Morgan fingerprint density at radius 1 is 1.20 bits per heavy atom. The second kappa shape index (κ2) is 7.08. The first-order valence-corrected chi connectivity index (χ1v) is 6.21. The van der Waals surface area contributed by atoms with Crippen molar-refractivity contribution in [2.75, 3.05) is 5.73 Å². The molecule has 1 heterocycles. The fourth-order valence-electron chi connectivity index (χ4n) is 1.41. The normalized spacial score (nSPS) is 9.35. The van der Waals surface area contributed by atoms with Crippen LogP contribution in [0.3, 0.4) is 0 Å². The van der Waals surface area contributed by atoms with Gasteiger partial charge in [-0.05, 0) is 25.1 Å². The van der Waals surface area contributed by atoms with Gasteiger partial charge in [-0.1, -0.05) is 13.8 Å². The molecule has 106 valence electrons. The predicted molar refractivity (Wildman–Crippen MR) is 77.9 cm³/mol. The summed E-state index contributed by atoms with van der Waals surface area (Å²) < 4.78 is 5.58. The van der Waals surface area contributed by atoms with Gasteiger partial charge in [0, 0.05) is 23.9 Å². The van der Waals surface area contributed by atoms with Crippen LogP contribution in [-0.4, -0.2) is 9.91 Å². The molecule has 0 aliphatic heterocycles. The van der Waals surface area contributed by atoms with Crippen molar-refractivity contribution < 1.29 is 9.66 Å². The number of rotatable bonds is 3. The second-order valence-corrected chi connectivity index (χ2v) is 3.67. The molecule has 20 heavy (non-hydrogen) atoms. The zero-order valence-electron chi connectivity index (χ0n) is 11.7. The minimum absolute atomic E-state index is 0.0216. The van der Waals surface area contributed by atoms with E-state index < -0.39 is 4.92 Å². The topological polar surface area (TPSA) is 91.3 Å². The largest absolute Gasteiger partial charge is 0.457 e. The minimum atomic E-state index is -0.459. The molecule has 0 amide bonds. The fourth-order valence-corrected chi connectivity index (χ4v) is 1.41. The molecule has 0 aliphatic rings. The zero-order chi connectivity index (χ0) is 15.1. The van der Waals surface area contributed by atoms with Crippen LogP contribution in [0.15, 0.2) is 36.5 Å². The maximum atomic E-state index is 10.5. The van der Waals surface area contributed by atoms with Gasteiger partial charge < -0.3 is 10.5 Å². The molecular weight excluding hydrogens is 258 g/mol. The molecule has 0 bridgehead atoms. The number of ether oxygens (including phenoxy) is 1. The molecular formula is C14H17N3O3. The highest BCUT2D eigenvalue weighted by atomic mass is 16.6. The van der Waals surface area contributed by atoms with E-state index in [2.05, 4.69) is 4.98 Å². The van der Waals surface area contributed by atoms with Crippen LogP contribution in [0.1, 0.15) is 19.4 Å². The predicted octanol–water partition coefficient (Wildman–Crippen LogP) is 3.70. The second-order valence-electron chi connectivity index (χ2n) is 3.67. The third-order valence-corrected chi connectivity index (χ3v) is 2.47. The van der Waals surface area contributed by atoms with Crippen molar-refractivity contribution in [1.82, 2.24) is 4.98 Å². The van der Waals surface area contributed by atoms with Crippen molar-refractivity contribution in [3.63, 3.8) is 0 Å². The van der Waals surface area contributed by atoms with Gasteiger partial charge in [-0.25, -0.2) is 4.98 Å². The van der Waals surface area contributed by atoms with Gasteiger partial charge in [0.2, 0.25) is 0 Å². The summed E-state index contributed by atoms with van der Waals surface area (Å²) in [7, 11) is 0. The highest BCUT2D eigenvalue weighted by molar-refractivity contribution is 5.49. The molecule has 6 heteroatoms. The molecule has 1 aromatic heterocycles. The van der Waals surface area contributed by atoms with Crippen LogP contribution >= 0.6 is 0 Å². The molecule has 6 nitrogen and oxygen atoms in total. The maximum Gasteiger partial charge on any atom is 0.269 e. The van der Waals surface area contributed by atoms with Crippen molar-refractivity contribution in [2.45, 2.75) is 20.8 Å². The van der Waals surface area contributed by atoms with Crippen LogP contribution in [0.5, 0.6) is 11.5 Å². The van der Waals surface area contributed by atoms with Gasteiger partial charge in [-0.15, -0.1) is 0 Å². The zero-order valence-corrected chi connectivity index (χ0v) is 11.7. The number of anilines is 1. The van der Waals surface area contributed by atoms with Crippen LogP contribution in [0.2, 0.25) is 0 Å². The molecule has 0 aliphatic carbocycles. The number of non-ortho nitro benzene ring substituents is 1. The number of nitro groups is 1. The van der Waals surface area contributed by atoms with Crippen molar-refractivity contribution in [1.29, 1.82) is 0 Å². The Bertz CT molecular complexity index is 583. The number of benzene rings is 1. The summed E-state index contributed by atoms with van der Waals surface area (Å²) in [6.07, 6.45) is 1.54. The number of nitrogen functional groups attached to an aromatic ring is 1. The first-order valence-electron chi connectivity index (χ1n) is 6.21. The quantitative estimate of drug-likeness (QED) is 0.681. The van der Waals surface area contributed by atoms with Gasteiger partial charge >= 0.3 is 0 Å². The summed E-state index contributed by atoms with van der Waals surface area (Å²) in [5.74, 6) is 1.49. The minimum Gasteiger partial charge on any atom is -0.457 e. The number of aromatic nitrogens is 1. The van der Waals surface area contributed by atoms with Crippen molar-refractivity contribution in [2.24, 2.45) is 0 Å². The highest BCUT2D eigenvalue weighted by Gasteiger charge is 2.07. The molecule has 1 aromatic carbocycles. The van der Waals surface area contributed by atoms with Gasteiger partial charge in [-0.3, -0.25) is 10.1 Å². The highest BCUT2D eigenvalue weighted by Crippen LogP contribution is 2.27. The molecule has 0 saturated heterocycles. The average molecular weight is 275 g/mol. The van der Waals surface area contributed by atoms with Crippen LogP contribution in [-0.2, 0) is 0 Å². The molecule has 0 radical (unpaired) electrons. The van der Waals surface area contributed by atoms with Gasteiger partial charge in [0.05, 0.1) is 4.92 Å². The Balaban J connectivity index is 0.000000956. The van der Waals surface area contributed by atoms with Crippen molar-refractivity contribution in [3.05, 3.63) is 52.2 Å². The third-order valence-electron chi connectivity index (χ3n) is 2.47. The lowest BCUT2D eigenvalue weighted by Gasteiger charge is -2.09. The van der Waals surface area contributed by atoms with E-state index >= 15 is 0 Å². The third kappa shape index (κ3) is 3.68. The summed E-state index contributed by atoms with van der Waals surface area (Å²) >= 11 is 0.